The summed E-state index contributed by atoms with van der Waals surface area (Å²) in [6.07, 6.45) is 5.07. The second-order valence-corrected chi connectivity index (χ2v) is 7.83. The molecule has 8 atom stereocenters. The lowest BCUT2D eigenvalue weighted by atomic mass is 9.72. The van der Waals surface area contributed by atoms with E-state index < -0.39 is 0 Å². The van der Waals surface area contributed by atoms with Gasteiger partial charge in [0, 0.05) is 30.2 Å². The van der Waals surface area contributed by atoms with Crippen LogP contribution in [0.3, 0.4) is 0 Å². The van der Waals surface area contributed by atoms with Crippen molar-refractivity contribution >= 4 is 0 Å². The maximum Gasteiger partial charge on any atom is 0.116 e. The molecule has 1 saturated carbocycles. The molecule has 0 aromatic heterocycles. The van der Waals surface area contributed by atoms with Gasteiger partial charge in [-0.15, -0.1) is 0 Å². The van der Waals surface area contributed by atoms with Gasteiger partial charge in [-0.25, -0.2) is 0 Å². The predicted octanol–water partition coefficient (Wildman–Crippen LogP) is 3.48. The molecule has 0 amide bonds. The van der Waals surface area contributed by atoms with Crippen molar-refractivity contribution in [2.45, 2.75) is 50.8 Å². The van der Waals surface area contributed by atoms with Crippen molar-refractivity contribution in [3.8, 4) is 0 Å². The predicted molar refractivity (Wildman–Crippen MR) is 81.9 cm³/mol. The van der Waals surface area contributed by atoms with Gasteiger partial charge in [0.2, 0.25) is 0 Å². The number of nitrogens with zero attached hydrogens (tertiary/aromatic N) is 1. The zero-order valence-corrected chi connectivity index (χ0v) is 13.0. The monoisotopic (exact) mass is 297 g/mol. The van der Waals surface area contributed by atoms with Crippen LogP contribution in [0.2, 0.25) is 0 Å². The SMILES string of the molecule is CCCCN1[C@@H]2O[C@@H]3c4ccccc4[C@@H]4O[C@H]1[C@@H]1C[C@H]2[C@H]3[C@@H]14. The summed E-state index contributed by atoms with van der Waals surface area (Å²) >= 11 is 0. The maximum absolute atomic E-state index is 6.67. The Morgan fingerprint density at radius 2 is 1.59 bits per heavy atom. The van der Waals surface area contributed by atoms with Crippen LogP contribution in [0.15, 0.2) is 24.3 Å². The second-order valence-electron chi connectivity index (χ2n) is 7.83. The van der Waals surface area contributed by atoms with Crippen molar-refractivity contribution in [3.05, 3.63) is 35.4 Å². The Bertz CT molecular complexity index is 583. The first kappa shape index (κ1) is 12.5. The van der Waals surface area contributed by atoms with Crippen LogP contribution in [-0.4, -0.2) is 23.9 Å². The minimum absolute atomic E-state index is 0.305. The molecule has 1 aromatic carbocycles. The third-order valence-corrected chi connectivity index (χ3v) is 7.01. The van der Waals surface area contributed by atoms with Gasteiger partial charge in [-0.2, -0.15) is 0 Å². The van der Waals surface area contributed by atoms with E-state index in [0.29, 0.717) is 36.5 Å². The van der Waals surface area contributed by atoms with Gasteiger partial charge in [0.05, 0.1) is 12.2 Å². The summed E-state index contributed by atoms with van der Waals surface area (Å²) < 4.78 is 13.3. The van der Waals surface area contributed by atoms with E-state index in [2.05, 4.69) is 36.1 Å². The highest BCUT2D eigenvalue weighted by Gasteiger charge is 2.70. The number of likely N-dealkylation sites (tertiary alicyclic amines) is 1. The summed E-state index contributed by atoms with van der Waals surface area (Å²) in [5.41, 5.74) is 2.83. The molecular formula is C19H23NO2. The van der Waals surface area contributed by atoms with E-state index in [0.717, 1.165) is 18.4 Å². The van der Waals surface area contributed by atoms with Gasteiger partial charge < -0.3 is 9.47 Å². The molecule has 0 radical (unpaired) electrons. The Morgan fingerprint density at radius 1 is 1.00 bits per heavy atom. The zero-order chi connectivity index (χ0) is 14.4. The number of piperidine rings is 1. The summed E-state index contributed by atoms with van der Waals surface area (Å²) in [5, 5.41) is 0. The zero-order valence-electron chi connectivity index (χ0n) is 13.0. The molecule has 0 N–H and O–H groups in total. The van der Waals surface area contributed by atoms with E-state index in [9.17, 15) is 0 Å². The molecule has 0 unspecified atom stereocenters. The molecule has 0 spiro atoms. The molecule has 3 nitrogen and oxygen atoms in total. The quantitative estimate of drug-likeness (QED) is 0.852. The van der Waals surface area contributed by atoms with E-state index in [-0.39, 0.29) is 0 Å². The summed E-state index contributed by atoms with van der Waals surface area (Å²) in [7, 11) is 0. The third-order valence-electron chi connectivity index (χ3n) is 7.01. The van der Waals surface area contributed by atoms with E-state index in [1.54, 1.807) is 0 Å². The van der Waals surface area contributed by atoms with E-state index >= 15 is 0 Å². The molecule has 1 aromatic rings. The number of fused-ring (bicyclic) bond motifs is 3. The summed E-state index contributed by atoms with van der Waals surface area (Å²) in [4.78, 5) is 2.58. The fourth-order valence-corrected chi connectivity index (χ4v) is 6.33. The van der Waals surface area contributed by atoms with Crippen LogP contribution in [0.5, 0.6) is 0 Å². The summed E-state index contributed by atoms with van der Waals surface area (Å²) in [6, 6.07) is 8.88. The lowest BCUT2D eigenvalue weighted by molar-refractivity contribution is -0.182. The fraction of sp³-hybridized carbons (Fsp3) is 0.684. The van der Waals surface area contributed by atoms with Crippen LogP contribution in [-0.2, 0) is 9.47 Å². The van der Waals surface area contributed by atoms with Gasteiger partial charge in [0.15, 0.2) is 0 Å². The highest BCUT2D eigenvalue weighted by molar-refractivity contribution is 5.39. The molecule has 116 valence electrons. The molecule has 3 saturated heterocycles. The number of hydrogen-bond donors (Lipinski definition) is 0. The van der Waals surface area contributed by atoms with Crippen molar-refractivity contribution < 1.29 is 9.47 Å². The van der Waals surface area contributed by atoms with E-state index in [4.69, 9.17) is 9.47 Å². The molecule has 2 bridgehead atoms. The van der Waals surface area contributed by atoms with Crippen molar-refractivity contribution in [2.24, 2.45) is 23.7 Å². The first-order chi connectivity index (χ1) is 10.9. The first-order valence-electron chi connectivity index (χ1n) is 9.04. The van der Waals surface area contributed by atoms with Crippen LogP contribution in [0.25, 0.3) is 0 Å². The number of ether oxygens (including phenoxy) is 2. The van der Waals surface area contributed by atoms with Crippen LogP contribution >= 0.6 is 0 Å². The van der Waals surface area contributed by atoms with Gasteiger partial charge in [-0.05, 0) is 24.0 Å². The number of unbranched alkanes of at least 4 members (excludes halogenated alkanes) is 1. The molecule has 3 heterocycles. The normalized spacial score (nSPS) is 49.9. The van der Waals surface area contributed by atoms with E-state index in [1.807, 2.05) is 0 Å². The molecule has 6 rings (SSSR count). The standard InChI is InChI=1S/C19H23NO2/c1-2-3-8-20-18-12-9-13-15-14(12)16(21-18)10-6-4-5-7-11(10)17(15)22-19(13)20/h4-7,12-19H,2-3,8-9H2,1H3/t12-,13+,14-,15+,16+,17-,18+,19-. The van der Waals surface area contributed by atoms with Crippen molar-refractivity contribution in [3.63, 3.8) is 0 Å². The van der Waals surface area contributed by atoms with E-state index in [1.165, 1.54) is 30.4 Å². The molecule has 3 aliphatic heterocycles. The van der Waals surface area contributed by atoms with Gasteiger partial charge >= 0.3 is 0 Å². The third kappa shape index (κ3) is 1.27. The average Bonchev–Trinajstić information content (AvgIpc) is 3.20. The van der Waals surface area contributed by atoms with Crippen molar-refractivity contribution in [1.29, 1.82) is 0 Å². The Balaban J connectivity index is 1.51. The number of rotatable bonds is 3. The Hall–Kier alpha value is -0.900. The van der Waals surface area contributed by atoms with Crippen LogP contribution in [0.4, 0.5) is 0 Å². The van der Waals surface area contributed by atoms with Crippen LogP contribution in [0.1, 0.15) is 49.5 Å². The minimum atomic E-state index is 0.305. The van der Waals surface area contributed by atoms with Crippen LogP contribution < -0.4 is 0 Å². The molecule has 4 fully saturated rings. The smallest absolute Gasteiger partial charge is 0.116 e. The summed E-state index contributed by atoms with van der Waals surface area (Å²) in [5.74, 6) is 2.89. The topological polar surface area (TPSA) is 21.7 Å². The minimum Gasteiger partial charge on any atom is -0.355 e. The first-order valence-corrected chi connectivity index (χ1v) is 9.04. The Morgan fingerprint density at radius 3 is 2.14 bits per heavy atom. The fourth-order valence-electron chi connectivity index (χ4n) is 6.33. The van der Waals surface area contributed by atoms with Gasteiger partial charge in [0.1, 0.15) is 12.5 Å². The highest BCUT2D eigenvalue weighted by atomic mass is 16.6. The number of hydrogen-bond acceptors (Lipinski definition) is 3. The van der Waals surface area contributed by atoms with Crippen molar-refractivity contribution in [1.82, 2.24) is 4.90 Å². The highest BCUT2D eigenvalue weighted by Crippen LogP contribution is 2.70. The molecule has 22 heavy (non-hydrogen) atoms. The second kappa shape index (κ2) is 4.14. The van der Waals surface area contributed by atoms with Gasteiger partial charge in [-0.1, -0.05) is 37.6 Å². The Kier molecular flexibility index (Phi) is 2.35. The molecule has 3 heteroatoms. The van der Waals surface area contributed by atoms with Crippen LogP contribution in [0, 0.1) is 23.7 Å². The number of benzene rings is 1. The Labute approximate surface area is 131 Å². The average molecular weight is 297 g/mol. The molecule has 2 aliphatic carbocycles. The van der Waals surface area contributed by atoms with Gasteiger partial charge in [-0.3, -0.25) is 4.90 Å². The maximum atomic E-state index is 6.67. The largest absolute Gasteiger partial charge is 0.355 e. The lowest BCUT2D eigenvalue weighted by Gasteiger charge is -2.42. The van der Waals surface area contributed by atoms with Crippen molar-refractivity contribution in [2.75, 3.05) is 6.54 Å². The lowest BCUT2D eigenvalue weighted by Crippen LogP contribution is -2.52. The molecule has 5 aliphatic rings. The molecular weight excluding hydrogens is 274 g/mol. The van der Waals surface area contributed by atoms with Gasteiger partial charge in [0.25, 0.3) is 0 Å². The summed E-state index contributed by atoms with van der Waals surface area (Å²) in [6.45, 7) is 3.41.